The van der Waals surface area contributed by atoms with Crippen LogP contribution in [0.25, 0.3) is 10.1 Å². The van der Waals surface area contributed by atoms with Gasteiger partial charge in [0, 0.05) is 24.2 Å². The van der Waals surface area contributed by atoms with Gasteiger partial charge >= 0.3 is 0 Å². The molecule has 1 N–H and O–H groups in total. The number of thiophene rings is 1. The van der Waals surface area contributed by atoms with Crippen molar-refractivity contribution in [1.29, 1.82) is 0 Å². The van der Waals surface area contributed by atoms with Crippen molar-refractivity contribution in [3.05, 3.63) is 59.5 Å². The van der Waals surface area contributed by atoms with Gasteiger partial charge in [0.25, 0.3) is 5.91 Å². The summed E-state index contributed by atoms with van der Waals surface area (Å²) in [6.07, 6.45) is -0.297. The molecule has 0 unspecified atom stereocenters. The minimum absolute atomic E-state index is 0.0743. The van der Waals surface area contributed by atoms with E-state index in [4.69, 9.17) is 4.74 Å². The Bertz CT molecular complexity index is 998. The van der Waals surface area contributed by atoms with Crippen molar-refractivity contribution in [2.75, 3.05) is 11.4 Å². The van der Waals surface area contributed by atoms with Crippen molar-refractivity contribution in [1.82, 2.24) is 5.32 Å². The Hall–Kier alpha value is -2.86. The first kappa shape index (κ1) is 17.5. The Kier molecular flexibility index (Phi) is 4.81. The van der Waals surface area contributed by atoms with E-state index in [1.165, 1.54) is 10.1 Å². The van der Waals surface area contributed by atoms with Crippen LogP contribution in [-0.2, 0) is 16.1 Å². The molecule has 138 valence electrons. The number of anilines is 1. The maximum atomic E-state index is 12.5. The molecular formula is C21H20N2O3S. The molecule has 0 spiro atoms. The van der Waals surface area contributed by atoms with Crippen LogP contribution in [0.4, 0.5) is 5.69 Å². The Morgan fingerprint density at radius 2 is 1.96 bits per heavy atom. The fraction of sp³-hybridized carbons (Fsp3) is 0.238. The van der Waals surface area contributed by atoms with E-state index >= 15 is 0 Å². The van der Waals surface area contributed by atoms with E-state index in [2.05, 4.69) is 22.8 Å². The van der Waals surface area contributed by atoms with Gasteiger partial charge < -0.3 is 15.0 Å². The molecule has 1 aromatic heterocycles. The first-order valence-corrected chi connectivity index (χ1v) is 9.80. The molecule has 2 amide bonds. The van der Waals surface area contributed by atoms with E-state index < -0.39 is 6.10 Å². The summed E-state index contributed by atoms with van der Waals surface area (Å²) in [6.45, 7) is 2.56. The summed E-state index contributed by atoms with van der Waals surface area (Å²) < 4.78 is 6.84. The number of carbonyl (C=O) groups excluding carboxylic acids is 2. The van der Waals surface area contributed by atoms with Crippen LogP contribution in [0, 0.1) is 0 Å². The standard InChI is InChI=1S/C21H20N2O3S/c1-14-21(25)23(17-7-3-4-8-18(17)26-14)11-10-20(24)22-12-15-13-27-19-9-5-2-6-16(15)19/h2-9,13-14H,10-12H2,1H3,(H,22,24)/t14-/m1/s1. The van der Waals surface area contributed by atoms with Gasteiger partial charge in [-0.25, -0.2) is 0 Å². The average molecular weight is 380 g/mol. The van der Waals surface area contributed by atoms with Gasteiger partial charge in [-0.05, 0) is 41.5 Å². The minimum atomic E-state index is -0.542. The van der Waals surface area contributed by atoms with Crippen LogP contribution in [0.2, 0.25) is 0 Å². The molecule has 0 saturated carbocycles. The first-order chi connectivity index (χ1) is 13.1. The van der Waals surface area contributed by atoms with Crippen LogP contribution in [0.1, 0.15) is 18.9 Å². The average Bonchev–Trinajstić information content (AvgIpc) is 3.10. The Morgan fingerprint density at radius 1 is 1.19 bits per heavy atom. The number of nitrogens with zero attached hydrogens (tertiary/aromatic N) is 1. The van der Waals surface area contributed by atoms with Crippen LogP contribution < -0.4 is 15.0 Å². The van der Waals surface area contributed by atoms with E-state index in [0.29, 0.717) is 18.8 Å². The van der Waals surface area contributed by atoms with Gasteiger partial charge in [0.1, 0.15) is 5.75 Å². The second-order valence-electron chi connectivity index (χ2n) is 6.50. The number of carbonyl (C=O) groups is 2. The zero-order chi connectivity index (χ0) is 18.8. The topological polar surface area (TPSA) is 58.6 Å². The Morgan fingerprint density at radius 3 is 2.85 bits per heavy atom. The molecule has 0 saturated heterocycles. The Balaban J connectivity index is 1.38. The molecule has 1 aliphatic heterocycles. The largest absolute Gasteiger partial charge is 0.479 e. The highest BCUT2D eigenvalue weighted by Gasteiger charge is 2.31. The van der Waals surface area contributed by atoms with Crippen molar-refractivity contribution in [3.63, 3.8) is 0 Å². The monoisotopic (exact) mass is 380 g/mol. The summed E-state index contributed by atoms with van der Waals surface area (Å²) >= 11 is 1.68. The molecule has 0 fully saturated rings. The molecule has 1 aliphatic rings. The maximum absolute atomic E-state index is 12.5. The molecule has 1 atom stereocenters. The molecule has 0 bridgehead atoms. The van der Waals surface area contributed by atoms with Gasteiger partial charge in [0.2, 0.25) is 5.91 Å². The molecule has 2 heterocycles. The molecular weight excluding hydrogens is 360 g/mol. The highest BCUT2D eigenvalue weighted by atomic mass is 32.1. The molecule has 4 rings (SSSR count). The lowest BCUT2D eigenvalue weighted by Gasteiger charge is -2.32. The number of rotatable bonds is 5. The highest BCUT2D eigenvalue weighted by Crippen LogP contribution is 2.33. The van der Waals surface area contributed by atoms with Crippen LogP contribution in [0.5, 0.6) is 5.75 Å². The third-order valence-electron chi connectivity index (χ3n) is 4.67. The number of nitrogens with one attached hydrogen (secondary N) is 1. The third kappa shape index (κ3) is 3.53. The molecule has 5 nitrogen and oxygen atoms in total. The van der Waals surface area contributed by atoms with E-state index in [1.54, 1.807) is 23.2 Å². The third-order valence-corrected chi connectivity index (χ3v) is 5.69. The van der Waals surface area contributed by atoms with E-state index in [9.17, 15) is 9.59 Å². The normalized spacial score (nSPS) is 16.1. The second-order valence-corrected chi connectivity index (χ2v) is 7.41. The molecule has 0 radical (unpaired) electrons. The van der Waals surface area contributed by atoms with Crippen molar-refractivity contribution >= 4 is 38.9 Å². The second kappa shape index (κ2) is 7.40. The van der Waals surface area contributed by atoms with Gasteiger partial charge in [-0.15, -0.1) is 11.3 Å². The van der Waals surface area contributed by atoms with Gasteiger partial charge in [0.05, 0.1) is 5.69 Å². The summed E-state index contributed by atoms with van der Waals surface area (Å²) in [5, 5.41) is 6.22. The van der Waals surface area contributed by atoms with Gasteiger partial charge in [0.15, 0.2) is 6.10 Å². The number of hydrogen-bond donors (Lipinski definition) is 1. The van der Waals surface area contributed by atoms with Crippen LogP contribution in [0.3, 0.4) is 0 Å². The number of amides is 2. The molecule has 2 aromatic carbocycles. The molecule has 27 heavy (non-hydrogen) atoms. The van der Waals surface area contributed by atoms with Crippen molar-refractivity contribution in [3.8, 4) is 5.75 Å². The zero-order valence-corrected chi connectivity index (χ0v) is 15.8. The quantitative estimate of drug-likeness (QED) is 0.734. The summed E-state index contributed by atoms with van der Waals surface area (Å²) in [6, 6.07) is 15.6. The summed E-state index contributed by atoms with van der Waals surface area (Å²) in [5.41, 5.74) is 1.84. The zero-order valence-electron chi connectivity index (χ0n) is 15.0. The van der Waals surface area contributed by atoms with Gasteiger partial charge in [-0.3, -0.25) is 9.59 Å². The predicted octanol–water partition coefficient (Wildman–Crippen LogP) is 3.72. The van der Waals surface area contributed by atoms with Crippen LogP contribution in [-0.4, -0.2) is 24.5 Å². The lowest BCUT2D eigenvalue weighted by molar-refractivity contribution is -0.125. The number of fused-ring (bicyclic) bond motifs is 2. The maximum Gasteiger partial charge on any atom is 0.267 e. The lowest BCUT2D eigenvalue weighted by Crippen LogP contribution is -2.45. The lowest BCUT2D eigenvalue weighted by atomic mass is 10.1. The van der Waals surface area contributed by atoms with Crippen molar-refractivity contribution in [2.45, 2.75) is 26.0 Å². The number of hydrogen-bond acceptors (Lipinski definition) is 4. The smallest absolute Gasteiger partial charge is 0.267 e. The van der Waals surface area contributed by atoms with Crippen LogP contribution in [0.15, 0.2) is 53.9 Å². The number of ether oxygens (including phenoxy) is 1. The van der Waals surface area contributed by atoms with Crippen LogP contribution >= 0.6 is 11.3 Å². The fourth-order valence-electron chi connectivity index (χ4n) is 3.25. The SMILES string of the molecule is C[C@H]1Oc2ccccc2N(CCC(=O)NCc2csc3ccccc23)C1=O. The fourth-order valence-corrected chi connectivity index (χ4v) is 4.22. The Labute approximate surface area is 161 Å². The summed E-state index contributed by atoms with van der Waals surface area (Å²) in [5.74, 6) is 0.481. The first-order valence-electron chi connectivity index (χ1n) is 8.92. The van der Waals surface area contributed by atoms with E-state index in [-0.39, 0.29) is 18.2 Å². The number of para-hydroxylation sites is 2. The number of benzene rings is 2. The highest BCUT2D eigenvalue weighted by molar-refractivity contribution is 7.17. The molecule has 0 aliphatic carbocycles. The van der Waals surface area contributed by atoms with Gasteiger partial charge in [-0.2, -0.15) is 0 Å². The van der Waals surface area contributed by atoms with Crippen molar-refractivity contribution in [2.24, 2.45) is 0 Å². The van der Waals surface area contributed by atoms with Crippen molar-refractivity contribution < 1.29 is 14.3 Å². The summed E-state index contributed by atoms with van der Waals surface area (Å²) in [7, 11) is 0. The summed E-state index contributed by atoms with van der Waals surface area (Å²) in [4.78, 5) is 26.4. The molecule has 3 aromatic rings. The predicted molar refractivity (Wildman–Crippen MR) is 107 cm³/mol. The van der Waals surface area contributed by atoms with Gasteiger partial charge in [-0.1, -0.05) is 30.3 Å². The molecule has 6 heteroatoms. The van der Waals surface area contributed by atoms with E-state index in [1.807, 2.05) is 36.4 Å². The minimum Gasteiger partial charge on any atom is -0.479 e. The van der Waals surface area contributed by atoms with E-state index in [0.717, 1.165) is 11.3 Å².